The van der Waals surface area contributed by atoms with Crippen LogP contribution < -0.4 is 10.6 Å². The summed E-state index contributed by atoms with van der Waals surface area (Å²) in [6.45, 7) is 6.58. The number of rotatable bonds is 13. The van der Waals surface area contributed by atoms with Crippen LogP contribution in [-0.2, 0) is 36.7 Å². The Bertz CT molecular complexity index is 1360. The molecule has 228 valence electrons. The summed E-state index contributed by atoms with van der Waals surface area (Å²) in [6.07, 6.45) is -0.921. The maximum atomic E-state index is 13.5. The lowest BCUT2D eigenvalue weighted by molar-refractivity contribution is -0.158. The van der Waals surface area contributed by atoms with Gasteiger partial charge in [0.1, 0.15) is 18.2 Å². The van der Waals surface area contributed by atoms with Crippen molar-refractivity contribution in [3.05, 3.63) is 96.1 Å². The van der Waals surface area contributed by atoms with Gasteiger partial charge in [0.15, 0.2) is 13.8 Å². The number of ether oxygens (including phenoxy) is 2. The average Bonchev–Trinajstić information content (AvgIpc) is 2.99. The quantitative estimate of drug-likeness (QED) is 0.169. The van der Waals surface area contributed by atoms with Crippen molar-refractivity contribution in [3.8, 4) is 11.1 Å². The molecule has 9 nitrogen and oxygen atoms in total. The molecule has 0 fully saturated rings. The molecule has 0 heterocycles. The van der Waals surface area contributed by atoms with E-state index in [0.29, 0.717) is 5.56 Å². The minimum atomic E-state index is -2.07. The fraction of sp³-hybridized carbons (Fsp3) is 0.364. The van der Waals surface area contributed by atoms with Crippen LogP contribution in [0.2, 0.25) is 0 Å². The largest absolute Gasteiger partial charge is 0.458 e. The Morgan fingerprint density at radius 3 is 2.02 bits per heavy atom. The van der Waals surface area contributed by atoms with Crippen LogP contribution in [0.5, 0.6) is 0 Å². The van der Waals surface area contributed by atoms with E-state index in [1.54, 1.807) is 20.8 Å². The van der Waals surface area contributed by atoms with Crippen LogP contribution in [0.25, 0.3) is 11.1 Å². The van der Waals surface area contributed by atoms with Gasteiger partial charge in [0, 0.05) is 13.0 Å². The molecule has 3 N–H and O–H groups in total. The second kappa shape index (κ2) is 15.4. The minimum absolute atomic E-state index is 0.0200. The van der Waals surface area contributed by atoms with E-state index in [1.165, 1.54) is 6.92 Å². The average molecular weight is 607 g/mol. The lowest BCUT2D eigenvalue weighted by Crippen LogP contribution is -2.51. The number of esters is 1. The zero-order valence-corrected chi connectivity index (χ0v) is 25.8. The van der Waals surface area contributed by atoms with E-state index in [4.69, 9.17) is 9.47 Å². The van der Waals surface area contributed by atoms with Crippen molar-refractivity contribution in [1.82, 2.24) is 10.6 Å². The molecule has 0 aliphatic carbocycles. The minimum Gasteiger partial charge on any atom is -0.458 e. The Labute approximate surface area is 254 Å². The Hall–Kier alpha value is -4.07. The first-order valence-electron chi connectivity index (χ1n) is 14.1. The molecule has 0 saturated carbocycles. The van der Waals surface area contributed by atoms with Gasteiger partial charge in [-0.3, -0.25) is 9.36 Å². The molecule has 0 aliphatic heterocycles. The molecule has 3 unspecified atom stereocenters. The van der Waals surface area contributed by atoms with Crippen LogP contribution in [0.3, 0.4) is 0 Å². The summed E-state index contributed by atoms with van der Waals surface area (Å²) in [7, 11) is -0.713. The van der Waals surface area contributed by atoms with Crippen molar-refractivity contribution >= 4 is 26.4 Å². The van der Waals surface area contributed by atoms with Gasteiger partial charge in [-0.2, -0.15) is 0 Å². The second-order valence-electron chi connectivity index (χ2n) is 11.3. The second-order valence-corrected chi connectivity index (χ2v) is 12.2. The molecule has 0 saturated heterocycles. The maximum absolute atomic E-state index is 13.5. The summed E-state index contributed by atoms with van der Waals surface area (Å²) < 4.78 is 23.0. The number of hydrogen-bond donors (Lipinski definition) is 3. The van der Waals surface area contributed by atoms with E-state index in [-0.39, 0.29) is 26.0 Å². The first kappa shape index (κ1) is 33.4. The normalized spacial score (nSPS) is 14.2. The number of benzene rings is 3. The highest BCUT2D eigenvalue weighted by molar-refractivity contribution is 7.25. The SMILES string of the molecule is CC(NC(=O)C(Cc1ccc(-c2ccccc2)cc1)C(O)(CCNC(=O)OCc1ccccc1)P=O)C(=O)OC(C)(C)C. The highest BCUT2D eigenvalue weighted by Crippen LogP contribution is 2.35. The Kier molecular flexibility index (Phi) is 12.0. The predicted octanol–water partition coefficient (Wildman–Crippen LogP) is 5.66. The van der Waals surface area contributed by atoms with E-state index in [9.17, 15) is 24.1 Å². The number of nitrogens with one attached hydrogen (secondary N) is 2. The van der Waals surface area contributed by atoms with Crippen LogP contribution in [0.4, 0.5) is 4.79 Å². The number of hydrogen-bond acceptors (Lipinski definition) is 7. The third-order valence-corrected chi connectivity index (χ3v) is 7.48. The van der Waals surface area contributed by atoms with Crippen molar-refractivity contribution in [2.45, 2.75) is 64.1 Å². The highest BCUT2D eigenvalue weighted by atomic mass is 31.1. The molecule has 0 spiro atoms. The third kappa shape index (κ3) is 10.6. The lowest BCUT2D eigenvalue weighted by atomic mass is 9.89. The van der Waals surface area contributed by atoms with Gasteiger partial charge in [-0.15, -0.1) is 0 Å². The molecule has 0 aromatic heterocycles. The molecule has 43 heavy (non-hydrogen) atoms. The summed E-state index contributed by atoms with van der Waals surface area (Å²) in [6, 6.07) is 25.4. The maximum Gasteiger partial charge on any atom is 0.407 e. The van der Waals surface area contributed by atoms with Gasteiger partial charge in [0.25, 0.3) is 0 Å². The predicted molar refractivity (Wildman–Crippen MR) is 164 cm³/mol. The molecule has 3 atom stereocenters. The third-order valence-electron chi connectivity index (χ3n) is 6.63. The van der Waals surface area contributed by atoms with Gasteiger partial charge >= 0.3 is 12.1 Å². The van der Waals surface area contributed by atoms with E-state index >= 15 is 0 Å². The van der Waals surface area contributed by atoms with Gasteiger partial charge in [-0.25, -0.2) is 9.59 Å². The molecule has 3 aromatic carbocycles. The zero-order valence-electron chi connectivity index (χ0n) is 24.9. The number of alkyl carbamates (subject to hydrolysis) is 1. The van der Waals surface area contributed by atoms with Crippen LogP contribution in [0.15, 0.2) is 84.9 Å². The number of aliphatic hydroxyl groups is 1. The van der Waals surface area contributed by atoms with Crippen LogP contribution >= 0.6 is 8.46 Å². The first-order chi connectivity index (χ1) is 20.4. The van der Waals surface area contributed by atoms with Crippen molar-refractivity contribution in [3.63, 3.8) is 0 Å². The number of carbonyl (C=O) groups is 3. The highest BCUT2D eigenvalue weighted by Gasteiger charge is 2.43. The van der Waals surface area contributed by atoms with Crippen LogP contribution in [0, 0.1) is 5.92 Å². The van der Waals surface area contributed by atoms with Crippen LogP contribution in [-0.4, -0.2) is 46.6 Å². The molecule has 10 heteroatoms. The van der Waals surface area contributed by atoms with Gasteiger partial charge in [0.05, 0.1) is 5.92 Å². The summed E-state index contributed by atoms with van der Waals surface area (Å²) in [5.74, 6) is -2.55. The van der Waals surface area contributed by atoms with Gasteiger partial charge in [0.2, 0.25) is 5.91 Å². The first-order valence-corrected chi connectivity index (χ1v) is 14.9. The Morgan fingerprint density at radius 2 is 1.44 bits per heavy atom. The summed E-state index contributed by atoms with van der Waals surface area (Å²) in [5, 5.41) is 14.6. The van der Waals surface area contributed by atoms with E-state index in [0.717, 1.165) is 16.7 Å². The Balaban J connectivity index is 1.74. The summed E-state index contributed by atoms with van der Waals surface area (Å²) in [4.78, 5) is 38.3. The fourth-order valence-electron chi connectivity index (χ4n) is 4.33. The molecular weight excluding hydrogens is 567 g/mol. The molecule has 3 rings (SSSR count). The molecule has 0 radical (unpaired) electrons. The number of carbonyl (C=O) groups excluding carboxylic acids is 3. The fourth-order valence-corrected chi connectivity index (χ4v) is 4.87. The molecule has 0 aliphatic rings. The smallest absolute Gasteiger partial charge is 0.407 e. The lowest BCUT2D eigenvalue weighted by Gasteiger charge is -2.31. The topological polar surface area (TPSA) is 131 Å². The van der Waals surface area contributed by atoms with Gasteiger partial charge < -0.3 is 25.2 Å². The molecule has 0 bridgehead atoms. The zero-order chi connectivity index (χ0) is 31.5. The summed E-state index contributed by atoms with van der Waals surface area (Å²) >= 11 is 0. The molecule has 2 amide bonds. The monoisotopic (exact) mass is 606 g/mol. The summed E-state index contributed by atoms with van der Waals surface area (Å²) in [5.41, 5.74) is 2.75. The van der Waals surface area contributed by atoms with E-state index in [2.05, 4.69) is 10.6 Å². The molecular formula is C33H39N2O7P. The Morgan fingerprint density at radius 1 is 0.860 bits per heavy atom. The van der Waals surface area contributed by atoms with Gasteiger partial charge in [-0.1, -0.05) is 84.9 Å². The molecule has 3 aromatic rings. The van der Waals surface area contributed by atoms with Crippen molar-refractivity contribution in [2.24, 2.45) is 5.92 Å². The van der Waals surface area contributed by atoms with Crippen molar-refractivity contribution in [2.75, 3.05) is 6.54 Å². The van der Waals surface area contributed by atoms with Crippen molar-refractivity contribution in [1.29, 1.82) is 0 Å². The van der Waals surface area contributed by atoms with Crippen LogP contribution in [0.1, 0.15) is 45.2 Å². The van der Waals surface area contributed by atoms with E-state index in [1.807, 2.05) is 84.9 Å². The standard InChI is InChI=1S/C33H39N2O7P/c1-23(30(37)42-32(2,3)4)35-29(36)28(21-24-15-17-27(18-16-24)26-13-9-6-10-14-26)33(39,43-40)19-20-34-31(38)41-22-25-11-7-5-8-12-25/h5-18,23,28,39H,19-22H2,1-4H3,(H,34,38)(H,35,36). The van der Waals surface area contributed by atoms with Crippen molar-refractivity contribution < 1.29 is 33.5 Å². The van der Waals surface area contributed by atoms with E-state index < -0.39 is 49.3 Å². The van der Waals surface area contributed by atoms with Gasteiger partial charge in [-0.05, 0) is 56.4 Å². The number of amides is 2.